The van der Waals surface area contributed by atoms with Gasteiger partial charge in [0.1, 0.15) is 5.15 Å². The Hall–Kier alpha value is -1.89. The van der Waals surface area contributed by atoms with E-state index in [-0.39, 0.29) is 16.7 Å². The molecule has 120 valence electrons. The van der Waals surface area contributed by atoms with Gasteiger partial charge in [0.15, 0.2) is 0 Å². The van der Waals surface area contributed by atoms with Crippen LogP contribution in [0.4, 0.5) is 0 Å². The molecule has 0 aliphatic rings. The molecule has 0 saturated heterocycles. The lowest BCUT2D eigenvalue weighted by Crippen LogP contribution is -2.26. The molecule has 3 rings (SSSR count). The van der Waals surface area contributed by atoms with Crippen LogP contribution in [0.3, 0.4) is 0 Å². The van der Waals surface area contributed by atoms with Crippen LogP contribution in [-0.2, 0) is 23.5 Å². The second-order valence-electron chi connectivity index (χ2n) is 5.24. The van der Waals surface area contributed by atoms with Gasteiger partial charge < -0.3 is 4.57 Å². The van der Waals surface area contributed by atoms with E-state index in [2.05, 4.69) is 9.71 Å². The van der Waals surface area contributed by atoms with Gasteiger partial charge in [0.25, 0.3) is 10.0 Å². The maximum Gasteiger partial charge on any atom is 0.261 e. The number of halogens is 1. The largest absolute Gasteiger partial charge is 0.324 e. The summed E-state index contributed by atoms with van der Waals surface area (Å²) in [4.78, 5) is 3.84. The van der Waals surface area contributed by atoms with Crippen molar-refractivity contribution in [2.24, 2.45) is 7.05 Å². The van der Waals surface area contributed by atoms with Crippen LogP contribution in [-0.4, -0.2) is 24.5 Å². The number of nitrogens with one attached hydrogen (secondary N) is 1. The Morgan fingerprint density at radius 3 is 2.65 bits per heavy atom. The van der Waals surface area contributed by atoms with Crippen LogP contribution >= 0.6 is 11.6 Å². The van der Waals surface area contributed by atoms with E-state index in [4.69, 9.17) is 11.6 Å². The van der Waals surface area contributed by atoms with Crippen LogP contribution in [0, 0.1) is 0 Å². The van der Waals surface area contributed by atoms with E-state index < -0.39 is 10.0 Å². The molecule has 1 heterocycles. The molecule has 0 atom stereocenters. The molecule has 7 heteroatoms. The molecule has 0 fully saturated rings. The number of aryl methyl sites for hydroxylation is 1. The lowest BCUT2D eigenvalue weighted by atomic mass is 10.0. The molecular formula is C16H16ClN3O2S. The Bertz CT molecular complexity index is 946. The lowest BCUT2D eigenvalue weighted by molar-refractivity contribution is 0.578. The van der Waals surface area contributed by atoms with Gasteiger partial charge >= 0.3 is 0 Å². The first-order chi connectivity index (χ1) is 11.0. The molecule has 5 nitrogen and oxygen atoms in total. The van der Waals surface area contributed by atoms with Gasteiger partial charge in [-0.2, -0.15) is 0 Å². The van der Waals surface area contributed by atoms with Crippen LogP contribution in [0.25, 0.3) is 10.8 Å². The zero-order valence-electron chi connectivity index (χ0n) is 12.5. The summed E-state index contributed by atoms with van der Waals surface area (Å²) in [5, 5.41) is 2.23. The van der Waals surface area contributed by atoms with E-state index in [9.17, 15) is 8.42 Å². The summed E-state index contributed by atoms with van der Waals surface area (Å²) in [7, 11) is -2.06. The molecule has 0 saturated carbocycles. The highest BCUT2D eigenvalue weighted by atomic mass is 35.5. The van der Waals surface area contributed by atoms with E-state index in [0.717, 1.165) is 16.3 Å². The van der Waals surface area contributed by atoms with Crippen molar-refractivity contribution in [3.63, 3.8) is 0 Å². The third kappa shape index (κ3) is 3.24. The summed E-state index contributed by atoms with van der Waals surface area (Å²) >= 11 is 5.95. The number of nitrogens with zero attached hydrogens (tertiary/aromatic N) is 2. The van der Waals surface area contributed by atoms with Gasteiger partial charge in [0.2, 0.25) is 5.03 Å². The molecule has 1 aromatic heterocycles. The zero-order valence-corrected chi connectivity index (χ0v) is 14.1. The maximum atomic E-state index is 12.2. The fourth-order valence-corrected chi connectivity index (χ4v) is 3.93. The Morgan fingerprint density at radius 1 is 1.17 bits per heavy atom. The molecule has 0 aliphatic carbocycles. The van der Waals surface area contributed by atoms with Gasteiger partial charge in [0, 0.05) is 13.6 Å². The molecule has 1 N–H and O–H groups in total. The topological polar surface area (TPSA) is 64.0 Å². The van der Waals surface area contributed by atoms with E-state index >= 15 is 0 Å². The first-order valence-corrected chi connectivity index (χ1v) is 8.98. The molecule has 0 amide bonds. The van der Waals surface area contributed by atoms with Crippen LogP contribution in [0.15, 0.2) is 53.8 Å². The highest BCUT2D eigenvalue weighted by Crippen LogP contribution is 2.20. The first kappa shape index (κ1) is 16.0. The van der Waals surface area contributed by atoms with Crippen molar-refractivity contribution in [1.82, 2.24) is 14.3 Å². The van der Waals surface area contributed by atoms with Gasteiger partial charge in [-0.15, -0.1) is 0 Å². The van der Waals surface area contributed by atoms with Crippen LogP contribution in [0.5, 0.6) is 0 Å². The van der Waals surface area contributed by atoms with Crippen molar-refractivity contribution < 1.29 is 8.42 Å². The summed E-state index contributed by atoms with van der Waals surface area (Å²) in [6, 6.07) is 14.1. The summed E-state index contributed by atoms with van der Waals surface area (Å²) in [6.45, 7) is 0.281. The Labute approximate surface area is 140 Å². The second-order valence-corrected chi connectivity index (χ2v) is 7.28. The van der Waals surface area contributed by atoms with Crippen molar-refractivity contribution >= 4 is 32.4 Å². The van der Waals surface area contributed by atoms with E-state index in [1.165, 1.54) is 10.9 Å². The second kappa shape index (κ2) is 6.31. The third-order valence-corrected chi connectivity index (χ3v) is 5.60. The van der Waals surface area contributed by atoms with Gasteiger partial charge in [-0.1, -0.05) is 54.1 Å². The number of hydrogen-bond donors (Lipinski definition) is 1. The summed E-state index contributed by atoms with van der Waals surface area (Å²) in [6.07, 6.45) is 1.96. The molecule has 0 aliphatic heterocycles. The first-order valence-electron chi connectivity index (χ1n) is 7.12. The quantitative estimate of drug-likeness (QED) is 0.770. The van der Waals surface area contributed by atoms with E-state index in [0.29, 0.717) is 6.42 Å². The molecular weight excluding hydrogens is 334 g/mol. The van der Waals surface area contributed by atoms with Crippen molar-refractivity contribution in [2.75, 3.05) is 6.54 Å². The fourth-order valence-electron chi connectivity index (χ4n) is 2.47. The predicted octanol–water partition coefficient (Wildman–Crippen LogP) is 2.75. The van der Waals surface area contributed by atoms with Gasteiger partial charge in [-0.05, 0) is 22.8 Å². The number of aromatic nitrogens is 2. The molecule has 2 aromatic carbocycles. The number of rotatable bonds is 5. The highest BCUT2D eigenvalue weighted by molar-refractivity contribution is 7.89. The van der Waals surface area contributed by atoms with Gasteiger partial charge in [-0.25, -0.2) is 18.1 Å². The van der Waals surface area contributed by atoms with E-state index in [1.54, 1.807) is 7.05 Å². The Kier molecular flexibility index (Phi) is 4.39. The molecule has 23 heavy (non-hydrogen) atoms. The monoisotopic (exact) mass is 349 g/mol. The van der Waals surface area contributed by atoms with Crippen molar-refractivity contribution in [3.05, 3.63) is 59.5 Å². The molecule has 0 bridgehead atoms. The van der Waals surface area contributed by atoms with Crippen LogP contribution in [0.1, 0.15) is 5.56 Å². The zero-order chi connectivity index (χ0) is 16.4. The molecule has 0 spiro atoms. The van der Waals surface area contributed by atoms with Crippen molar-refractivity contribution in [3.8, 4) is 0 Å². The smallest absolute Gasteiger partial charge is 0.261 e. The molecule has 3 aromatic rings. The van der Waals surface area contributed by atoms with Crippen LogP contribution < -0.4 is 4.72 Å². The van der Waals surface area contributed by atoms with Crippen molar-refractivity contribution in [1.29, 1.82) is 0 Å². The highest BCUT2D eigenvalue weighted by Gasteiger charge is 2.21. The Morgan fingerprint density at radius 2 is 1.91 bits per heavy atom. The third-order valence-electron chi connectivity index (χ3n) is 3.66. The van der Waals surface area contributed by atoms with Gasteiger partial charge in [-0.3, -0.25) is 0 Å². The minimum Gasteiger partial charge on any atom is -0.324 e. The normalized spacial score (nSPS) is 11.9. The SMILES string of the molecule is Cn1cnc(S(=O)(=O)NCCc2cccc3ccccc23)c1Cl. The number of imidazole rings is 1. The lowest BCUT2D eigenvalue weighted by Gasteiger charge is -2.08. The van der Waals surface area contributed by atoms with Gasteiger partial charge in [0.05, 0.1) is 6.33 Å². The summed E-state index contributed by atoms with van der Waals surface area (Å²) in [5.74, 6) is 0. The minimum atomic E-state index is -3.71. The minimum absolute atomic E-state index is 0.0997. The Balaban J connectivity index is 1.75. The number of fused-ring (bicyclic) bond motifs is 1. The van der Waals surface area contributed by atoms with Crippen LogP contribution in [0.2, 0.25) is 5.15 Å². The summed E-state index contributed by atoms with van der Waals surface area (Å²) < 4.78 is 28.5. The number of hydrogen-bond acceptors (Lipinski definition) is 3. The number of benzene rings is 2. The predicted molar refractivity (Wildman–Crippen MR) is 91.1 cm³/mol. The average Bonchev–Trinajstić information content (AvgIpc) is 2.88. The molecule has 0 radical (unpaired) electrons. The van der Waals surface area contributed by atoms with E-state index in [1.807, 2.05) is 42.5 Å². The van der Waals surface area contributed by atoms with Crippen molar-refractivity contribution in [2.45, 2.75) is 11.4 Å². The number of sulfonamides is 1. The standard InChI is InChI=1S/C16H16ClN3O2S/c1-20-11-18-16(15(20)17)23(21,22)19-10-9-13-7-4-6-12-5-2-3-8-14(12)13/h2-8,11,19H,9-10H2,1H3. The fraction of sp³-hybridized carbons (Fsp3) is 0.188. The summed E-state index contributed by atoms with van der Waals surface area (Å²) in [5.41, 5.74) is 1.10. The average molecular weight is 350 g/mol. The maximum absolute atomic E-state index is 12.2. The molecule has 0 unspecified atom stereocenters.